The predicted molar refractivity (Wildman–Crippen MR) is 106 cm³/mol. The average molecular weight is 373 g/mol. The van der Waals surface area contributed by atoms with Crippen molar-refractivity contribution in [2.75, 3.05) is 44.3 Å². The summed E-state index contributed by atoms with van der Waals surface area (Å²) in [6.45, 7) is 9.12. The molecule has 2 aliphatic heterocycles. The predicted octanol–water partition coefficient (Wildman–Crippen LogP) is 2.29. The van der Waals surface area contributed by atoms with Crippen LogP contribution in [0.4, 0.5) is 5.69 Å². The number of nitrogens with zero attached hydrogens (tertiary/aromatic N) is 2. The zero-order valence-electron chi connectivity index (χ0n) is 16.4. The second-order valence-corrected chi connectivity index (χ2v) is 7.72. The van der Waals surface area contributed by atoms with Gasteiger partial charge in [-0.15, -0.1) is 0 Å². The van der Waals surface area contributed by atoms with Gasteiger partial charge in [-0.05, 0) is 43.0 Å². The van der Waals surface area contributed by atoms with Gasteiger partial charge in [0.15, 0.2) is 0 Å². The number of rotatable bonds is 6. The minimum atomic E-state index is -0.0644. The van der Waals surface area contributed by atoms with Gasteiger partial charge in [0.05, 0.1) is 13.2 Å². The van der Waals surface area contributed by atoms with E-state index in [1.807, 2.05) is 29.2 Å². The standard InChI is InChI=1S/C21H31N3O3/c1-16(2)19(23-11-13-27-14-12-23)15-22-21(26)17-6-8-18(9-7-17)24-10-4-3-5-20(24)25/h6-9,16,19H,3-5,10-15H2,1-2H3,(H,22,26). The van der Waals surface area contributed by atoms with Crippen molar-refractivity contribution < 1.29 is 14.3 Å². The molecule has 0 saturated carbocycles. The van der Waals surface area contributed by atoms with Crippen molar-refractivity contribution in [1.29, 1.82) is 0 Å². The van der Waals surface area contributed by atoms with Crippen molar-refractivity contribution in [3.05, 3.63) is 29.8 Å². The van der Waals surface area contributed by atoms with Gasteiger partial charge in [0.25, 0.3) is 5.91 Å². The first-order valence-electron chi connectivity index (χ1n) is 10.1. The molecule has 2 saturated heterocycles. The Hall–Kier alpha value is -1.92. The third kappa shape index (κ3) is 5.08. The molecular formula is C21H31N3O3. The van der Waals surface area contributed by atoms with E-state index in [1.54, 1.807) is 0 Å². The Balaban J connectivity index is 1.57. The highest BCUT2D eigenvalue weighted by Gasteiger charge is 2.24. The maximum atomic E-state index is 12.6. The molecule has 2 amide bonds. The van der Waals surface area contributed by atoms with Crippen LogP contribution >= 0.6 is 0 Å². The maximum Gasteiger partial charge on any atom is 0.251 e. The van der Waals surface area contributed by atoms with Crippen LogP contribution in [0.25, 0.3) is 0 Å². The highest BCUT2D eigenvalue weighted by Crippen LogP contribution is 2.21. The molecule has 0 aliphatic carbocycles. The largest absolute Gasteiger partial charge is 0.379 e. The van der Waals surface area contributed by atoms with Gasteiger partial charge in [0.1, 0.15) is 0 Å². The number of morpholine rings is 1. The van der Waals surface area contributed by atoms with Crippen LogP contribution in [0.3, 0.4) is 0 Å². The Bertz CT molecular complexity index is 639. The summed E-state index contributed by atoms with van der Waals surface area (Å²) in [5.41, 5.74) is 1.51. The molecule has 148 valence electrons. The van der Waals surface area contributed by atoms with Crippen molar-refractivity contribution in [2.24, 2.45) is 5.92 Å². The number of ether oxygens (including phenoxy) is 1. The fraction of sp³-hybridized carbons (Fsp3) is 0.619. The lowest BCUT2D eigenvalue weighted by molar-refractivity contribution is -0.119. The molecule has 1 aromatic carbocycles. The topological polar surface area (TPSA) is 61.9 Å². The average Bonchev–Trinajstić information content (AvgIpc) is 2.69. The van der Waals surface area contributed by atoms with Crippen LogP contribution in [0.15, 0.2) is 24.3 Å². The summed E-state index contributed by atoms with van der Waals surface area (Å²) < 4.78 is 5.44. The van der Waals surface area contributed by atoms with Crippen LogP contribution in [0.2, 0.25) is 0 Å². The zero-order valence-corrected chi connectivity index (χ0v) is 16.4. The summed E-state index contributed by atoms with van der Waals surface area (Å²) in [6, 6.07) is 7.68. The van der Waals surface area contributed by atoms with E-state index >= 15 is 0 Å². The maximum absolute atomic E-state index is 12.6. The Kier molecular flexibility index (Phi) is 6.85. The van der Waals surface area contributed by atoms with E-state index in [9.17, 15) is 9.59 Å². The lowest BCUT2D eigenvalue weighted by Crippen LogP contribution is -2.51. The monoisotopic (exact) mass is 373 g/mol. The lowest BCUT2D eigenvalue weighted by Gasteiger charge is -2.36. The molecule has 3 rings (SSSR count). The van der Waals surface area contributed by atoms with Gasteiger partial charge in [-0.1, -0.05) is 13.8 Å². The van der Waals surface area contributed by atoms with Gasteiger partial charge in [-0.3, -0.25) is 14.5 Å². The molecule has 0 bridgehead atoms. The molecule has 0 radical (unpaired) electrons. The molecule has 27 heavy (non-hydrogen) atoms. The van der Waals surface area contributed by atoms with E-state index in [4.69, 9.17) is 4.74 Å². The van der Waals surface area contributed by atoms with E-state index in [-0.39, 0.29) is 11.8 Å². The number of carbonyl (C=O) groups excluding carboxylic acids is 2. The van der Waals surface area contributed by atoms with E-state index in [1.165, 1.54) is 0 Å². The first-order valence-corrected chi connectivity index (χ1v) is 10.1. The molecule has 0 aromatic heterocycles. The normalized spacial score (nSPS) is 20.0. The molecule has 0 spiro atoms. The van der Waals surface area contributed by atoms with Crippen LogP contribution in [-0.4, -0.2) is 62.1 Å². The summed E-state index contributed by atoms with van der Waals surface area (Å²) in [4.78, 5) is 28.8. The number of carbonyl (C=O) groups is 2. The van der Waals surface area contributed by atoms with Gasteiger partial charge >= 0.3 is 0 Å². The van der Waals surface area contributed by atoms with Crippen LogP contribution in [0.5, 0.6) is 0 Å². The number of benzene rings is 1. The molecule has 1 N–H and O–H groups in total. The van der Waals surface area contributed by atoms with Gasteiger partial charge in [0.2, 0.25) is 5.91 Å². The van der Waals surface area contributed by atoms with Crippen molar-refractivity contribution >= 4 is 17.5 Å². The number of hydrogen-bond acceptors (Lipinski definition) is 4. The molecule has 1 unspecified atom stereocenters. The Morgan fingerprint density at radius 1 is 1.11 bits per heavy atom. The Morgan fingerprint density at radius 3 is 2.44 bits per heavy atom. The van der Waals surface area contributed by atoms with Crippen molar-refractivity contribution in [3.63, 3.8) is 0 Å². The molecule has 1 aromatic rings. The summed E-state index contributed by atoms with van der Waals surface area (Å²) in [6.07, 6.45) is 2.61. The van der Waals surface area contributed by atoms with E-state index in [0.717, 1.165) is 51.4 Å². The van der Waals surface area contributed by atoms with Crippen molar-refractivity contribution in [1.82, 2.24) is 10.2 Å². The molecule has 6 nitrogen and oxygen atoms in total. The second kappa shape index (κ2) is 9.33. The van der Waals surface area contributed by atoms with E-state index in [2.05, 4.69) is 24.1 Å². The molecule has 6 heteroatoms. The highest BCUT2D eigenvalue weighted by molar-refractivity contribution is 5.96. The molecule has 2 fully saturated rings. The van der Waals surface area contributed by atoms with Crippen LogP contribution in [0, 0.1) is 5.92 Å². The quantitative estimate of drug-likeness (QED) is 0.831. The second-order valence-electron chi connectivity index (χ2n) is 7.72. The van der Waals surface area contributed by atoms with Gasteiger partial charge < -0.3 is 15.0 Å². The Labute approximate surface area is 161 Å². The van der Waals surface area contributed by atoms with Crippen molar-refractivity contribution in [2.45, 2.75) is 39.2 Å². The summed E-state index contributed by atoms with van der Waals surface area (Å²) in [5, 5.41) is 3.08. The third-order valence-corrected chi connectivity index (χ3v) is 5.52. The molecule has 2 aliphatic rings. The van der Waals surface area contributed by atoms with Crippen LogP contribution in [0.1, 0.15) is 43.5 Å². The number of nitrogens with one attached hydrogen (secondary N) is 1. The first kappa shape index (κ1) is 19.8. The number of amides is 2. The minimum Gasteiger partial charge on any atom is -0.379 e. The number of hydrogen-bond donors (Lipinski definition) is 1. The van der Waals surface area contributed by atoms with Crippen molar-refractivity contribution in [3.8, 4) is 0 Å². The fourth-order valence-corrected chi connectivity index (χ4v) is 3.87. The first-order chi connectivity index (χ1) is 13.1. The van der Waals surface area contributed by atoms with Gasteiger partial charge in [-0.25, -0.2) is 0 Å². The number of anilines is 1. The van der Waals surface area contributed by atoms with Gasteiger partial charge in [-0.2, -0.15) is 0 Å². The minimum absolute atomic E-state index is 0.0644. The lowest BCUT2D eigenvalue weighted by atomic mass is 10.0. The van der Waals surface area contributed by atoms with E-state index in [0.29, 0.717) is 30.5 Å². The number of piperidine rings is 1. The highest BCUT2D eigenvalue weighted by atomic mass is 16.5. The zero-order chi connectivity index (χ0) is 19.2. The SMILES string of the molecule is CC(C)C(CNC(=O)c1ccc(N2CCCCC2=O)cc1)N1CCOCC1. The van der Waals surface area contributed by atoms with Gasteiger partial charge in [0, 0.05) is 49.9 Å². The van der Waals surface area contributed by atoms with E-state index < -0.39 is 0 Å². The smallest absolute Gasteiger partial charge is 0.251 e. The summed E-state index contributed by atoms with van der Waals surface area (Å²) in [7, 11) is 0. The summed E-state index contributed by atoms with van der Waals surface area (Å²) in [5.74, 6) is 0.560. The molecule has 1 atom stereocenters. The summed E-state index contributed by atoms with van der Waals surface area (Å²) >= 11 is 0. The molecule has 2 heterocycles. The third-order valence-electron chi connectivity index (χ3n) is 5.52. The Morgan fingerprint density at radius 2 is 1.81 bits per heavy atom. The fourth-order valence-electron chi connectivity index (χ4n) is 3.87. The molecular weight excluding hydrogens is 342 g/mol. The van der Waals surface area contributed by atoms with Crippen LogP contribution < -0.4 is 10.2 Å². The van der Waals surface area contributed by atoms with Crippen LogP contribution in [-0.2, 0) is 9.53 Å².